The maximum absolute atomic E-state index is 13.3. The van der Waals surface area contributed by atoms with Crippen molar-refractivity contribution in [2.24, 2.45) is 0 Å². The van der Waals surface area contributed by atoms with Crippen molar-refractivity contribution in [1.29, 1.82) is 0 Å². The van der Waals surface area contributed by atoms with E-state index in [-0.39, 0.29) is 23.4 Å². The first-order chi connectivity index (χ1) is 15.5. The summed E-state index contributed by atoms with van der Waals surface area (Å²) in [6.45, 7) is 1.07. The zero-order chi connectivity index (χ0) is 22.5. The predicted octanol–water partition coefficient (Wildman–Crippen LogP) is 4.37. The second kappa shape index (κ2) is 10.1. The second-order valence-electron chi connectivity index (χ2n) is 7.33. The maximum Gasteiger partial charge on any atom is 0.286 e. The fourth-order valence-corrected chi connectivity index (χ4v) is 4.40. The minimum Gasteiger partial charge on any atom is -0.484 e. The zero-order valence-corrected chi connectivity index (χ0v) is 18.5. The van der Waals surface area contributed by atoms with Crippen molar-refractivity contribution in [2.45, 2.75) is 18.8 Å². The molecule has 1 aromatic heterocycles. The van der Waals surface area contributed by atoms with E-state index in [1.807, 2.05) is 0 Å². The standard InChI is InChI=1S/C22H20ClFN4O3S/c23-15-6-8-18(9-7-15)31-13-19(29)28-10-2-3-14(12-28)21-26-27-22(32-21)20(30)25-17-5-1-4-16(24)11-17/h1,4-9,11,14H,2-3,10,12-13H2,(H,25,30)/t14-/m0/s1. The Balaban J connectivity index is 1.34. The molecule has 1 fully saturated rings. The summed E-state index contributed by atoms with van der Waals surface area (Å²) in [5, 5.41) is 12.3. The van der Waals surface area contributed by atoms with Gasteiger partial charge < -0.3 is 15.0 Å². The van der Waals surface area contributed by atoms with Gasteiger partial charge in [-0.3, -0.25) is 9.59 Å². The van der Waals surface area contributed by atoms with Gasteiger partial charge in [0.15, 0.2) is 6.61 Å². The van der Waals surface area contributed by atoms with Crippen LogP contribution in [0.15, 0.2) is 48.5 Å². The highest BCUT2D eigenvalue weighted by Crippen LogP contribution is 2.29. The van der Waals surface area contributed by atoms with Gasteiger partial charge in [0.25, 0.3) is 11.8 Å². The van der Waals surface area contributed by atoms with Crippen LogP contribution in [0.2, 0.25) is 5.02 Å². The number of ether oxygens (including phenoxy) is 1. The van der Waals surface area contributed by atoms with Crippen molar-refractivity contribution in [3.05, 3.63) is 69.4 Å². The van der Waals surface area contributed by atoms with Crippen LogP contribution < -0.4 is 10.1 Å². The number of carbonyl (C=O) groups is 2. The Labute approximate surface area is 193 Å². The number of halogens is 2. The molecule has 0 saturated carbocycles. The van der Waals surface area contributed by atoms with Gasteiger partial charge in [-0.05, 0) is 55.3 Å². The molecule has 1 aliphatic rings. The number of benzene rings is 2. The summed E-state index contributed by atoms with van der Waals surface area (Å²) in [5.74, 6) is -0.420. The van der Waals surface area contributed by atoms with Gasteiger partial charge in [-0.2, -0.15) is 0 Å². The number of aromatic nitrogens is 2. The average molecular weight is 475 g/mol. The number of rotatable bonds is 6. The molecule has 1 atom stereocenters. The summed E-state index contributed by atoms with van der Waals surface area (Å²) in [5.41, 5.74) is 0.349. The van der Waals surface area contributed by atoms with Crippen LogP contribution in [0.4, 0.5) is 10.1 Å². The van der Waals surface area contributed by atoms with Crippen LogP contribution in [-0.2, 0) is 4.79 Å². The van der Waals surface area contributed by atoms with E-state index >= 15 is 0 Å². The lowest BCUT2D eigenvalue weighted by Crippen LogP contribution is -2.41. The van der Waals surface area contributed by atoms with Gasteiger partial charge in [-0.1, -0.05) is 29.0 Å². The first kappa shape index (κ1) is 22.2. The number of piperidine rings is 1. The summed E-state index contributed by atoms with van der Waals surface area (Å²) in [6.07, 6.45) is 1.67. The smallest absolute Gasteiger partial charge is 0.286 e. The molecule has 0 aliphatic carbocycles. The Morgan fingerprint density at radius 3 is 2.81 bits per heavy atom. The fraction of sp³-hybridized carbons (Fsp3) is 0.273. The normalized spacial score (nSPS) is 15.9. The van der Waals surface area contributed by atoms with Crippen LogP contribution in [-0.4, -0.2) is 46.6 Å². The molecule has 32 heavy (non-hydrogen) atoms. The summed E-state index contributed by atoms with van der Waals surface area (Å²) >= 11 is 7.04. The molecule has 10 heteroatoms. The number of nitrogens with zero attached hydrogens (tertiary/aromatic N) is 3. The van der Waals surface area contributed by atoms with Crippen LogP contribution in [0.5, 0.6) is 5.75 Å². The number of likely N-dealkylation sites (tertiary alicyclic amines) is 1. The molecule has 3 aromatic rings. The van der Waals surface area contributed by atoms with E-state index in [0.29, 0.717) is 34.6 Å². The zero-order valence-electron chi connectivity index (χ0n) is 17.0. The molecule has 2 aromatic carbocycles. The van der Waals surface area contributed by atoms with Gasteiger partial charge in [-0.15, -0.1) is 10.2 Å². The summed E-state index contributed by atoms with van der Waals surface area (Å²) in [4.78, 5) is 26.8. The van der Waals surface area contributed by atoms with Crippen molar-refractivity contribution >= 4 is 40.4 Å². The van der Waals surface area contributed by atoms with E-state index in [1.165, 1.54) is 29.5 Å². The summed E-state index contributed by atoms with van der Waals surface area (Å²) in [6, 6.07) is 12.5. The fourth-order valence-electron chi connectivity index (χ4n) is 3.41. The van der Waals surface area contributed by atoms with Crippen LogP contribution in [0.1, 0.15) is 33.6 Å². The van der Waals surface area contributed by atoms with Gasteiger partial charge in [0.05, 0.1) is 0 Å². The van der Waals surface area contributed by atoms with Gasteiger partial charge in [-0.25, -0.2) is 4.39 Å². The largest absolute Gasteiger partial charge is 0.484 e. The van der Waals surface area contributed by atoms with Crippen LogP contribution in [0, 0.1) is 5.82 Å². The Morgan fingerprint density at radius 2 is 2.03 bits per heavy atom. The monoisotopic (exact) mass is 474 g/mol. The van der Waals surface area contributed by atoms with Crippen molar-refractivity contribution in [3.8, 4) is 5.75 Å². The Morgan fingerprint density at radius 1 is 1.22 bits per heavy atom. The lowest BCUT2D eigenvalue weighted by Gasteiger charge is -2.31. The average Bonchev–Trinajstić information content (AvgIpc) is 3.29. The first-order valence-electron chi connectivity index (χ1n) is 10.0. The molecule has 2 heterocycles. The number of hydrogen-bond donors (Lipinski definition) is 1. The highest BCUT2D eigenvalue weighted by molar-refractivity contribution is 7.13. The van der Waals surface area contributed by atoms with Crippen molar-refractivity contribution in [3.63, 3.8) is 0 Å². The molecular formula is C22H20ClFN4O3S. The minimum absolute atomic E-state index is 0.00329. The molecule has 1 saturated heterocycles. The van der Waals surface area contributed by atoms with Crippen LogP contribution >= 0.6 is 22.9 Å². The van der Waals surface area contributed by atoms with E-state index in [0.717, 1.165) is 12.8 Å². The third kappa shape index (κ3) is 5.60. The number of hydrogen-bond acceptors (Lipinski definition) is 6. The topological polar surface area (TPSA) is 84.4 Å². The highest BCUT2D eigenvalue weighted by atomic mass is 35.5. The van der Waals surface area contributed by atoms with Gasteiger partial charge in [0, 0.05) is 29.7 Å². The van der Waals surface area contributed by atoms with Crippen molar-refractivity contribution < 1.29 is 18.7 Å². The molecule has 7 nitrogen and oxygen atoms in total. The molecule has 0 radical (unpaired) electrons. The van der Waals surface area contributed by atoms with E-state index in [9.17, 15) is 14.0 Å². The molecule has 4 rings (SSSR count). The molecule has 0 bridgehead atoms. The van der Waals surface area contributed by atoms with Gasteiger partial charge in [0.2, 0.25) is 5.01 Å². The first-order valence-corrected chi connectivity index (χ1v) is 11.2. The number of anilines is 1. The number of carbonyl (C=O) groups excluding carboxylic acids is 2. The van der Waals surface area contributed by atoms with Gasteiger partial charge in [0.1, 0.15) is 16.6 Å². The van der Waals surface area contributed by atoms with Crippen molar-refractivity contribution in [1.82, 2.24) is 15.1 Å². The molecule has 0 spiro atoms. The Kier molecular flexibility index (Phi) is 6.96. The maximum atomic E-state index is 13.3. The van der Waals surface area contributed by atoms with E-state index in [4.69, 9.17) is 16.3 Å². The molecule has 0 unspecified atom stereocenters. The quantitative estimate of drug-likeness (QED) is 0.573. The lowest BCUT2D eigenvalue weighted by molar-refractivity contribution is -0.134. The second-order valence-corrected chi connectivity index (χ2v) is 8.78. The molecule has 1 aliphatic heterocycles. The highest BCUT2D eigenvalue weighted by Gasteiger charge is 2.28. The van der Waals surface area contributed by atoms with Crippen LogP contribution in [0.3, 0.4) is 0 Å². The predicted molar refractivity (Wildman–Crippen MR) is 120 cm³/mol. The van der Waals surface area contributed by atoms with Gasteiger partial charge >= 0.3 is 0 Å². The van der Waals surface area contributed by atoms with Crippen molar-refractivity contribution in [2.75, 3.05) is 25.0 Å². The van der Waals surface area contributed by atoms with Crippen LogP contribution in [0.25, 0.3) is 0 Å². The number of amides is 2. The Hall–Kier alpha value is -3.04. The SMILES string of the molecule is O=C(Nc1cccc(F)c1)c1nnc([C@H]2CCCN(C(=O)COc3ccc(Cl)cc3)C2)s1. The van der Waals surface area contributed by atoms with E-state index < -0.39 is 11.7 Å². The third-order valence-corrected chi connectivity index (χ3v) is 6.35. The van der Waals surface area contributed by atoms with E-state index in [2.05, 4.69) is 15.5 Å². The molecular weight excluding hydrogens is 455 g/mol. The summed E-state index contributed by atoms with van der Waals surface area (Å²) in [7, 11) is 0. The Bertz CT molecular complexity index is 1110. The molecule has 1 N–H and O–H groups in total. The molecule has 2 amide bonds. The molecule has 166 valence electrons. The third-order valence-electron chi connectivity index (χ3n) is 5.02. The van der Waals surface area contributed by atoms with E-state index in [1.54, 1.807) is 35.2 Å². The summed E-state index contributed by atoms with van der Waals surface area (Å²) < 4.78 is 18.9. The minimum atomic E-state index is -0.445. The number of nitrogens with one attached hydrogen (secondary N) is 1. The lowest BCUT2D eigenvalue weighted by atomic mass is 9.99.